The summed E-state index contributed by atoms with van der Waals surface area (Å²) >= 11 is 0. The first kappa shape index (κ1) is 14.5. The van der Waals surface area contributed by atoms with Crippen LogP contribution in [-0.2, 0) is 9.59 Å². The van der Waals surface area contributed by atoms with E-state index >= 15 is 0 Å². The topological polar surface area (TPSA) is 62.3 Å². The fraction of sp³-hybridized carbons (Fsp3) is 0.533. The molecular formula is C15H21N3O2. The highest BCUT2D eigenvalue weighted by Gasteiger charge is 2.39. The summed E-state index contributed by atoms with van der Waals surface area (Å²) < 4.78 is 0. The number of anilines is 1. The van der Waals surface area contributed by atoms with Crippen molar-refractivity contribution in [1.82, 2.24) is 9.88 Å². The minimum absolute atomic E-state index is 0.0374. The number of aromatic nitrogens is 1. The van der Waals surface area contributed by atoms with Crippen LogP contribution >= 0.6 is 0 Å². The minimum atomic E-state index is -0.303. The fourth-order valence-corrected chi connectivity index (χ4v) is 2.37. The molecule has 1 atom stereocenters. The maximum absolute atomic E-state index is 12.3. The lowest BCUT2D eigenvalue weighted by Crippen LogP contribution is -2.42. The van der Waals surface area contributed by atoms with Gasteiger partial charge in [0.25, 0.3) is 0 Å². The number of carbonyl (C=O) groups is 2. The van der Waals surface area contributed by atoms with Crippen molar-refractivity contribution in [2.24, 2.45) is 5.92 Å². The second-order valence-corrected chi connectivity index (χ2v) is 6.23. The fourth-order valence-electron chi connectivity index (χ4n) is 2.37. The summed E-state index contributed by atoms with van der Waals surface area (Å²) in [6.45, 7) is 8.31. The lowest BCUT2D eigenvalue weighted by atomic mass is 10.1. The van der Waals surface area contributed by atoms with E-state index < -0.39 is 0 Å². The number of aryl methyl sites for hydroxylation is 1. The third-order valence-electron chi connectivity index (χ3n) is 3.56. The Morgan fingerprint density at radius 3 is 2.70 bits per heavy atom. The van der Waals surface area contributed by atoms with E-state index in [9.17, 15) is 9.59 Å². The molecule has 1 aliphatic heterocycles. The molecule has 1 fully saturated rings. The molecule has 2 heterocycles. The van der Waals surface area contributed by atoms with Gasteiger partial charge in [-0.1, -0.05) is 6.07 Å². The number of pyridine rings is 1. The van der Waals surface area contributed by atoms with Gasteiger partial charge in [-0.25, -0.2) is 4.98 Å². The van der Waals surface area contributed by atoms with Gasteiger partial charge in [0.1, 0.15) is 5.82 Å². The van der Waals surface area contributed by atoms with Crippen LogP contribution in [-0.4, -0.2) is 33.8 Å². The number of hydrogen-bond acceptors (Lipinski definition) is 3. The smallest absolute Gasteiger partial charge is 0.230 e. The van der Waals surface area contributed by atoms with Crippen LogP contribution < -0.4 is 5.32 Å². The lowest BCUT2D eigenvalue weighted by Gasteiger charge is -2.31. The van der Waals surface area contributed by atoms with Crippen molar-refractivity contribution in [1.29, 1.82) is 0 Å². The van der Waals surface area contributed by atoms with Gasteiger partial charge in [-0.3, -0.25) is 9.59 Å². The Morgan fingerprint density at radius 1 is 1.45 bits per heavy atom. The van der Waals surface area contributed by atoms with Crippen molar-refractivity contribution < 1.29 is 9.59 Å². The average Bonchev–Trinajstić information content (AvgIpc) is 2.74. The van der Waals surface area contributed by atoms with Crippen LogP contribution in [0.5, 0.6) is 0 Å². The van der Waals surface area contributed by atoms with Gasteiger partial charge in [0.15, 0.2) is 0 Å². The number of amides is 2. The minimum Gasteiger partial charge on any atom is -0.337 e. The van der Waals surface area contributed by atoms with E-state index in [0.29, 0.717) is 12.4 Å². The highest BCUT2D eigenvalue weighted by Crippen LogP contribution is 2.26. The number of nitrogens with one attached hydrogen (secondary N) is 1. The number of rotatable bonds is 2. The molecule has 1 aromatic heterocycles. The van der Waals surface area contributed by atoms with Gasteiger partial charge in [0.05, 0.1) is 5.92 Å². The van der Waals surface area contributed by atoms with Gasteiger partial charge < -0.3 is 10.2 Å². The zero-order chi connectivity index (χ0) is 14.9. The van der Waals surface area contributed by atoms with Gasteiger partial charge in [0.2, 0.25) is 11.8 Å². The summed E-state index contributed by atoms with van der Waals surface area (Å²) in [6, 6.07) is 3.72. The largest absolute Gasteiger partial charge is 0.337 e. The highest BCUT2D eigenvalue weighted by atomic mass is 16.2. The monoisotopic (exact) mass is 275 g/mol. The van der Waals surface area contributed by atoms with Crippen LogP contribution in [0.4, 0.5) is 5.82 Å². The Labute approximate surface area is 119 Å². The van der Waals surface area contributed by atoms with Crippen molar-refractivity contribution in [3.05, 3.63) is 23.9 Å². The van der Waals surface area contributed by atoms with Crippen LogP contribution in [0, 0.1) is 12.8 Å². The first-order chi connectivity index (χ1) is 9.29. The predicted molar refractivity (Wildman–Crippen MR) is 77.2 cm³/mol. The van der Waals surface area contributed by atoms with Gasteiger partial charge in [-0.05, 0) is 39.3 Å². The normalized spacial score (nSPS) is 19.3. The van der Waals surface area contributed by atoms with E-state index in [4.69, 9.17) is 0 Å². The zero-order valence-electron chi connectivity index (χ0n) is 12.4. The number of nitrogens with zero attached hydrogens (tertiary/aromatic N) is 2. The molecule has 0 aliphatic carbocycles. The van der Waals surface area contributed by atoms with Crippen molar-refractivity contribution in [2.75, 3.05) is 11.9 Å². The molecule has 0 radical (unpaired) electrons. The first-order valence-corrected chi connectivity index (χ1v) is 6.82. The predicted octanol–water partition coefficient (Wildman–Crippen LogP) is 1.98. The Balaban J connectivity index is 2.05. The molecule has 1 aliphatic rings. The Bertz CT molecular complexity index is 534. The first-order valence-electron chi connectivity index (χ1n) is 6.82. The molecule has 0 saturated carbocycles. The molecule has 0 bridgehead atoms. The van der Waals surface area contributed by atoms with Crippen molar-refractivity contribution in [3.63, 3.8) is 0 Å². The van der Waals surface area contributed by atoms with E-state index in [0.717, 1.165) is 5.56 Å². The quantitative estimate of drug-likeness (QED) is 0.897. The van der Waals surface area contributed by atoms with Crippen molar-refractivity contribution in [2.45, 2.75) is 39.7 Å². The summed E-state index contributed by atoms with van der Waals surface area (Å²) in [6.07, 6.45) is 1.92. The molecule has 1 N–H and O–H groups in total. The molecule has 1 saturated heterocycles. The molecule has 1 unspecified atom stereocenters. The summed E-state index contributed by atoms with van der Waals surface area (Å²) in [5, 5.41) is 2.82. The molecule has 2 rings (SSSR count). The maximum Gasteiger partial charge on any atom is 0.230 e. The average molecular weight is 275 g/mol. The molecular weight excluding hydrogens is 254 g/mol. The summed E-state index contributed by atoms with van der Waals surface area (Å²) in [5.74, 6) is 0.171. The molecule has 20 heavy (non-hydrogen) atoms. The van der Waals surface area contributed by atoms with Crippen LogP contribution in [0.25, 0.3) is 0 Å². The third-order valence-corrected chi connectivity index (χ3v) is 3.56. The van der Waals surface area contributed by atoms with Crippen molar-refractivity contribution in [3.8, 4) is 0 Å². The molecule has 2 amide bonds. The third kappa shape index (κ3) is 2.98. The van der Waals surface area contributed by atoms with E-state index in [1.807, 2.05) is 39.8 Å². The number of likely N-dealkylation sites (tertiary alicyclic amines) is 1. The van der Waals surface area contributed by atoms with E-state index in [2.05, 4.69) is 10.3 Å². The highest BCUT2D eigenvalue weighted by molar-refractivity contribution is 5.97. The Kier molecular flexibility index (Phi) is 3.79. The van der Waals surface area contributed by atoms with Gasteiger partial charge in [-0.2, -0.15) is 0 Å². The molecule has 1 aromatic rings. The van der Waals surface area contributed by atoms with Crippen LogP contribution in [0.15, 0.2) is 18.3 Å². The molecule has 0 aromatic carbocycles. The summed E-state index contributed by atoms with van der Waals surface area (Å²) in [5.41, 5.74) is 0.672. The van der Waals surface area contributed by atoms with Gasteiger partial charge in [-0.15, -0.1) is 0 Å². The standard InChI is InChI=1S/C15H21N3O2/c1-10-6-5-7-16-13(10)17-14(20)11-8-12(19)18(9-11)15(2,3)4/h5-7,11H,8-9H2,1-4H3,(H,16,17,20). The molecule has 0 spiro atoms. The Hall–Kier alpha value is -1.91. The number of carbonyl (C=O) groups excluding carboxylic acids is 2. The second kappa shape index (κ2) is 5.23. The SMILES string of the molecule is Cc1cccnc1NC(=O)C1CC(=O)N(C(C)(C)C)C1. The molecule has 5 nitrogen and oxygen atoms in total. The lowest BCUT2D eigenvalue weighted by molar-refractivity contribution is -0.131. The van der Waals surface area contributed by atoms with Crippen LogP contribution in [0.3, 0.4) is 0 Å². The molecule has 108 valence electrons. The molecule has 5 heteroatoms. The van der Waals surface area contributed by atoms with E-state index in [1.165, 1.54) is 0 Å². The number of hydrogen-bond donors (Lipinski definition) is 1. The van der Waals surface area contributed by atoms with E-state index in [-0.39, 0.29) is 29.7 Å². The zero-order valence-corrected chi connectivity index (χ0v) is 12.4. The van der Waals surface area contributed by atoms with Gasteiger partial charge >= 0.3 is 0 Å². The van der Waals surface area contributed by atoms with Gasteiger partial charge in [0, 0.05) is 24.7 Å². The maximum atomic E-state index is 12.3. The van der Waals surface area contributed by atoms with Crippen LogP contribution in [0.1, 0.15) is 32.8 Å². The second-order valence-electron chi connectivity index (χ2n) is 6.23. The van der Waals surface area contributed by atoms with Crippen LogP contribution in [0.2, 0.25) is 0 Å². The van der Waals surface area contributed by atoms with E-state index in [1.54, 1.807) is 11.1 Å². The summed E-state index contributed by atoms with van der Waals surface area (Å²) in [4.78, 5) is 30.2. The summed E-state index contributed by atoms with van der Waals surface area (Å²) in [7, 11) is 0. The Morgan fingerprint density at radius 2 is 2.15 bits per heavy atom. The van der Waals surface area contributed by atoms with Crippen molar-refractivity contribution >= 4 is 17.6 Å².